The number of pyridine rings is 2. The van der Waals surface area contributed by atoms with Gasteiger partial charge < -0.3 is 25.8 Å². The predicted molar refractivity (Wildman–Crippen MR) is 130 cm³/mol. The van der Waals surface area contributed by atoms with Crippen LogP contribution in [0.5, 0.6) is 5.88 Å². The Morgan fingerprint density at radius 2 is 1.79 bits per heavy atom. The molecule has 5 heterocycles. The summed E-state index contributed by atoms with van der Waals surface area (Å²) in [5.74, 6) is 1.94. The van der Waals surface area contributed by atoms with Gasteiger partial charge in [0.2, 0.25) is 0 Å². The number of anilines is 3. The number of nitrogens with two attached hydrogens (primary N) is 2. The van der Waals surface area contributed by atoms with E-state index in [4.69, 9.17) is 25.9 Å². The lowest BCUT2D eigenvalue weighted by Gasteiger charge is -2.40. The molecule has 0 amide bonds. The van der Waals surface area contributed by atoms with Gasteiger partial charge in [0.05, 0.1) is 25.1 Å². The second-order valence-electron chi connectivity index (χ2n) is 8.59. The summed E-state index contributed by atoms with van der Waals surface area (Å²) >= 11 is 0. The molecule has 178 valence electrons. The molecule has 0 bridgehead atoms. The third-order valence-corrected chi connectivity index (χ3v) is 6.38. The van der Waals surface area contributed by atoms with E-state index in [2.05, 4.69) is 24.8 Å². The van der Waals surface area contributed by atoms with E-state index in [0.717, 1.165) is 69.2 Å². The lowest BCUT2D eigenvalue weighted by atomic mass is 10.0. The molecular weight excluding hydrogens is 432 g/mol. The molecule has 0 aliphatic carbocycles. The minimum Gasteiger partial charge on any atom is -0.470 e. The highest BCUT2D eigenvalue weighted by atomic mass is 16.5. The van der Waals surface area contributed by atoms with Crippen LogP contribution in [-0.4, -0.2) is 70.3 Å². The van der Waals surface area contributed by atoms with Crippen LogP contribution in [0.1, 0.15) is 18.4 Å². The van der Waals surface area contributed by atoms with Crippen molar-refractivity contribution in [2.24, 2.45) is 0 Å². The van der Waals surface area contributed by atoms with Gasteiger partial charge in [-0.1, -0.05) is 0 Å². The highest BCUT2D eigenvalue weighted by molar-refractivity contribution is 5.61. The Hall–Kier alpha value is -3.50. The van der Waals surface area contributed by atoms with Gasteiger partial charge in [0.15, 0.2) is 5.82 Å². The van der Waals surface area contributed by atoms with Crippen LogP contribution in [0, 0.1) is 0 Å². The van der Waals surface area contributed by atoms with Crippen molar-refractivity contribution in [3.63, 3.8) is 0 Å². The number of hydrogen-bond donors (Lipinski definition) is 2. The highest BCUT2D eigenvalue weighted by Gasteiger charge is 2.26. The van der Waals surface area contributed by atoms with Crippen LogP contribution in [0.25, 0.3) is 11.3 Å². The number of rotatable bonds is 6. The summed E-state index contributed by atoms with van der Waals surface area (Å²) < 4.78 is 11.3. The minimum atomic E-state index is 0.235. The minimum absolute atomic E-state index is 0.235. The van der Waals surface area contributed by atoms with Crippen molar-refractivity contribution in [2.45, 2.75) is 25.5 Å². The first-order valence-electron chi connectivity index (χ1n) is 11.6. The summed E-state index contributed by atoms with van der Waals surface area (Å²) in [6.07, 6.45) is 7.40. The fraction of sp³-hybridized carbons (Fsp3) is 0.417. The van der Waals surface area contributed by atoms with Crippen LogP contribution < -0.4 is 21.1 Å². The molecule has 0 spiro atoms. The van der Waals surface area contributed by atoms with Crippen LogP contribution in [0.15, 0.2) is 42.9 Å². The first-order valence-corrected chi connectivity index (χ1v) is 11.6. The van der Waals surface area contributed by atoms with Crippen LogP contribution in [0.4, 0.5) is 17.5 Å². The van der Waals surface area contributed by atoms with Crippen LogP contribution in [0.3, 0.4) is 0 Å². The molecule has 3 aromatic heterocycles. The zero-order valence-corrected chi connectivity index (χ0v) is 19.1. The average Bonchev–Trinajstić information content (AvgIpc) is 2.89. The Labute approximate surface area is 198 Å². The van der Waals surface area contributed by atoms with E-state index in [0.29, 0.717) is 17.6 Å². The molecule has 2 fully saturated rings. The molecule has 2 saturated heterocycles. The number of morpholine rings is 1. The summed E-state index contributed by atoms with van der Waals surface area (Å²) in [4.78, 5) is 22.4. The van der Waals surface area contributed by atoms with Gasteiger partial charge in [0, 0.05) is 50.2 Å². The van der Waals surface area contributed by atoms with Gasteiger partial charge in [-0.25, -0.2) is 19.9 Å². The van der Waals surface area contributed by atoms with Gasteiger partial charge in [0.1, 0.15) is 18.2 Å². The predicted octanol–water partition coefficient (Wildman–Crippen LogP) is 1.98. The van der Waals surface area contributed by atoms with Crippen molar-refractivity contribution in [3.8, 4) is 17.1 Å². The van der Waals surface area contributed by atoms with Gasteiger partial charge in [-0.3, -0.25) is 4.90 Å². The lowest BCUT2D eigenvalue weighted by molar-refractivity contribution is 0.0115. The Bertz CT molecular complexity index is 1100. The standard InChI is InChI=1S/C24H30N8O2/c25-21-13-17(3-6-27-21)16-34-24-23(26)29-15-20(30-24)18-1-2-22(28-14-18)32-7-4-19(5-8-32)31-9-11-33-12-10-31/h1-3,6,13-15,19H,4-5,7-12,16H2,(H2,25,27)(H2,26,29). The Balaban J connectivity index is 1.21. The zero-order chi connectivity index (χ0) is 23.3. The van der Waals surface area contributed by atoms with Gasteiger partial charge >= 0.3 is 0 Å². The van der Waals surface area contributed by atoms with Crippen LogP contribution >= 0.6 is 0 Å². The first kappa shape index (κ1) is 22.3. The molecule has 3 aromatic rings. The summed E-state index contributed by atoms with van der Waals surface area (Å²) in [5.41, 5.74) is 14.1. The SMILES string of the molecule is Nc1cc(COc2nc(-c3ccc(N4CCC(N5CCOCC5)CC4)nc3)cnc2N)ccn1. The number of aromatic nitrogens is 4. The average molecular weight is 463 g/mol. The number of nitrogen functional groups attached to an aromatic ring is 2. The summed E-state index contributed by atoms with van der Waals surface area (Å²) in [6.45, 7) is 6.07. The molecule has 0 aromatic carbocycles. The quantitative estimate of drug-likeness (QED) is 0.561. The lowest BCUT2D eigenvalue weighted by Crippen LogP contribution is -2.49. The Kier molecular flexibility index (Phi) is 6.68. The molecule has 34 heavy (non-hydrogen) atoms. The maximum absolute atomic E-state index is 5.98. The van der Waals surface area contributed by atoms with E-state index in [9.17, 15) is 0 Å². The largest absolute Gasteiger partial charge is 0.470 e. The second-order valence-corrected chi connectivity index (χ2v) is 8.59. The molecule has 0 saturated carbocycles. The van der Waals surface area contributed by atoms with E-state index >= 15 is 0 Å². The van der Waals surface area contributed by atoms with Gasteiger partial charge in [0.25, 0.3) is 5.88 Å². The molecule has 0 atom stereocenters. The molecule has 2 aliphatic heterocycles. The molecule has 0 radical (unpaired) electrons. The monoisotopic (exact) mass is 462 g/mol. The molecule has 0 unspecified atom stereocenters. The molecule has 4 N–H and O–H groups in total. The fourth-order valence-corrected chi connectivity index (χ4v) is 4.49. The van der Waals surface area contributed by atoms with Crippen molar-refractivity contribution in [3.05, 3.63) is 48.4 Å². The number of hydrogen-bond acceptors (Lipinski definition) is 10. The van der Waals surface area contributed by atoms with E-state index < -0.39 is 0 Å². The van der Waals surface area contributed by atoms with Crippen molar-refractivity contribution in [1.82, 2.24) is 24.8 Å². The number of ether oxygens (including phenoxy) is 2. The summed E-state index contributed by atoms with van der Waals surface area (Å²) in [5, 5.41) is 0. The highest BCUT2D eigenvalue weighted by Crippen LogP contribution is 2.26. The third-order valence-electron chi connectivity index (χ3n) is 6.38. The molecular formula is C24H30N8O2. The van der Waals surface area contributed by atoms with Crippen LogP contribution in [-0.2, 0) is 11.3 Å². The smallest absolute Gasteiger partial charge is 0.258 e. The Morgan fingerprint density at radius 3 is 2.53 bits per heavy atom. The maximum atomic E-state index is 5.98. The van der Waals surface area contributed by atoms with E-state index in [1.807, 2.05) is 24.4 Å². The third kappa shape index (κ3) is 5.18. The zero-order valence-electron chi connectivity index (χ0n) is 19.1. The topological polar surface area (TPSA) is 129 Å². The fourth-order valence-electron chi connectivity index (χ4n) is 4.49. The van der Waals surface area contributed by atoms with Crippen molar-refractivity contribution in [1.29, 1.82) is 0 Å². The van der Waals surface area contributed by atoms with Crippen molar-refractivity contribution in [2.75, 3.05) is 55.8 Å². The number of nitrogens with zero attached hydrogens (tertiary/aromatic N) is 6. The second kappa shape index (κ2) is 10.2. The van der Waals surface area contributed by atoms with Gasteiger partial charge in [-0.05, 0) is 42.7 Å². The number of piperidine rings is 1. The maximum Gasteiger partial charge on any atom is 0.258 e. The van der Waals surface area contributed by atoms with E-state index in [1.165, 1.54) is 0 Å². The van der Waals surface area contributed by atoms with Gasteiger partial charge in [-0.15, -0.1) is 0 Å². The first-order chi connectivity index (χ1) is 16.7. The Morgan fingerprint density at radius 1 is 0.971 bits per heavy atom. The molecule has 2 aliphatic rings. The normalized spacial score (nSPS) is 17.6. The van der Waals surface area contributed by atoms with Crippen LogP contribution in [0.2, 0.25) is 0 Å². The molecule has 10 heteroatoms. The summed E-state index contributed by atoms with van der Waals surface area (Å²) in [6, 6.07) is 8.29. The van der Waals surface area contributed by atoms with Crippen molar-refractivity contribution < 1.29 is 9.47 Å². The molecule has 5 rings (SSSR count). The van der Waals surface area contributed by atoms with Crippen molar-refractivity contribution >= 4 is 17.5 Å². The van der Waals surface area contributed by atoms with Gasteiger partial charge in [-0.2, -0.15) is 0 Å². The molecule has 10 nitrogen and oxygen atoms in total. The van der Waals surface area contributed by atoms with E-state index in [1.54, 1.807) is 18.5 Å². The summed E-state index contributed by atoms with van der Waals surface area (Å²) in [7, 11) is 0. The van der Waals surface area contributed by atoms with E-state index in [-0.39, 0.29) is 18.3 Å².